The van der Waals surface area contributed by atoms with Crippen molar-refractivity contribution in [1.29, 1.82) is 0 Å². The summed E-state index contributed by atoms with van der Waals surface area (Å²) >= 11 is 0. The van der Waals surface area contributed by atoms with Crippen LogP contribution in [0.15, 0.2) is 24.4 Å². The standard InChI is InChI=1S/C12H12F3N3/c1-3-18-8(2)6-10(17-18)9-4-5-11(16-7-9)12(13,14)15/h4-7H,3H2,1-2H3. The number of nitrogens with zero attached hydrogens (tertiary/aromatic N) is 3. The molecule has 0 aliphatic carbocycles. The molecule has 6 heteroatoms. The van der Waals surface area contributed by atoms with Crippen LogP contribution in [0.3, 0.4) is 0 Å². The number of pyridine rings is 1. The summed E-state index contributed by atoms with van der Waals surface area (Å²) < 4.78 is 38.9. The molecule has 0 aromatic carbocycles. The molecule has 0 amide bonds. The first-order valence-corrected chi connectivity index (χ1v) is 5.50. The van der Waals surface area contributed by atoms with Crippen molar-refractivity contribution >= 4 is 0 Å². The SMILES string of the molecule is CCn1nc(-c2ccc(C(F)(F)F)nc2)cc1C. The lowest BCUT2D eigenvalue weighted by molar-refractivity contribution is -0.141. The molecule has 2 aromatic heterocycles. The maximum atomic E-state index is 12.4. The number of aromatic nitrogens is 3. The highest BCUT2D eigenvalue weighted by atomic mass is 19.4. The van der Waals surface area contributed by atoms with E-state index in [1.54, 1.807) is 4.68 Å². The molecule has 3 nitrogen and oxygen atoms in total. The summed E-state index contributed by atoms with van der Waals surface area (Å²) in [7, 11) is 0. The van der Waals surface area contributed by atoms with E-state index in [4.69, 9.17) is 0 Å². The van der Waals surface area contributed by atoms with Gasteiger partial charge in [0.15, 0.2) is 0 Å². The van der Waals surface area contributed by atoms with Crippen molar-refractivity contribution in [2.75, 3.05) is 0 Å². The molecule has 2 rings (SSSR count). The third-order valence-electron chi connectivity index (χ3n) is 2.63. The molecule has 0 aliphatic rings. The molecule has 2 heterocycles. The number of hydrogen-bond donors (Lipinski definition) is 0. The Morgan fingerprint density at radius 2 is 2.00 bits per heavy atom. The van der Waals surface area contributed by atoms with Gasteiger partial charge in [0.25, 0.3) is 0 Å². The van der Waals surface area contributed by atoms with Crippen LogP contribution < -0.4 is 0 Å². The van der Waals surface area contributed by atoms with Gasteiger partial charge in [0.05, 0.1) is 5.69 Å². The Balaban J connectivity index is 2.34. The van der Waals surface area contributed by atoms with Gasteiger partial charge >= 0.3 is 6.18 Å². The minimum absolute atomic E-state index is 0.582. The zero-order chi connectivity index (χ0) is 13.3. The van der Waals surface area contributed by atoms with Gasteiger partial charge in [-0.3, -0.25) is 9.67 Å². The Hall–Kier alpha value is -1.85. The highest BCUT2D eigenvalue weighted by Crippen LogP contribution is 2.28. The second-order valence-corrected chi connectivity index (χ2v) is 3.92. The Kier molecular flexibility index (Phi) is 3.11. The van der Waals surface area contributed by atoms with Crippen molar-refractivity contribution in [3.63, 3.8) is 0 Å². The fourth-order valence-corrected chi connectivity index (χ4v) is 1.68. The Labute approximate surface area is 102 Å². The van der Waals surface area contributed by atoms with Crippen molar-refractivity contribution in [3.8, 4) is 11.3 Å². The van der Waals surface area contributed by atoms with Crippen LogP contribution >= 0.6 is 0 Å². The van der Waals surface area contributed by atoms with Crippen LogP contribution in [0, 0.1) is 6.92 Å². The van der Waals surface area contributed by atoms with Crippen LogP contribution in [0.1, 0.15) is 18.3 Å². The van der Waals surface area contributed by atoms with E-state index in [0.29, 0.717) is 11.3 Å². The molecular weight excluding hydrogens is 243 g/mol. The van der Waals surface area contributed by atoms with E-state index in [2.05, 4.69) is 10.1 Å². The first-order chi connectivity index (χ1) is 8.41. The van der Waals surface area contributed by atoms with E-state index in [9.17, 15) is 13.2 Å². The van der Waals surface area contributed by atoms with Gasteiger partial charge < -0.3 is 0 Å². The molecule has 0 bridgehead atoms. The van der Waals surface area contributed by atoms with Crippen molar-refractivity contribution in [1.82, 2.24) is 14.8 Å². The van der Waals surface area contributed by atoms with Gasteiger partial charge in [-0.2, -0.15) is 18.3 Å². The maximum Gasteiger partial charge on any atom is 0.433 e. The fraction of sp³-hybridized carbons (Fsp3) is 0.333. The smallest absolute Gasteiger partial charge is 0.270 e. The van der Waals surface area contributed by atoms with Crippen molar-refractivity contribution in [2.45, 2.75) is 26.6 Å². The molecule has 0 N–H and O–H groups in total. The average Bonchev–Trinajstić information content (AvgIpc) is 2.69. The number of aryl methyl sites for hydroxylation is 2. The summed E-state index contributed by atoms with van der Waals surface area (Å²) in [6.45, 7) is 4.58. The lowest BCUT2D eigenvalue weighted by Crippen LogP contribution is -2.07. The number of halogens is 3. The molecule has 96 valence electrons. The zero-order valence-corrected chi connectivity index (χ0v) is 9.99. The molecule has 0 saturated heterocycles. The summed E-state index contributed by atoms with van der Waals surface area (Å²) in [4.78, 5) is 3.42. The fourth-order valence-electron chi connectivity index (χ4n) is 1.68. The molecule has 18 heavy (non-hydrogen) atoms. The summed E-state index contributed by atoms with van der Waals surface area (Å²) in [5.74, 6) is 0. The second kappa shape index (κ2) is 4.44. The summed E-state index contributed by atoms with van der Waals surface area (Å²) in [5, 5.41) is 4.29. The Bertz CT molecular complexity index is 541. The quantitative estimate of drug-likeness (QED) is 0.824. The van der Waals surface area contributed by atoms with Crippen LogP contribution in [-0.4, -0.2) is 14.8 Å². The molecule has 0 aliphatic heterocycles. The van der Waals surface area contributed by atoms with Crippen LogP contribution in [0.2, 0.25) is 0 Å². The average molecular weight is 255 g/mol. The van der Waals surface area contributed by atoms with Crippen LogP contribution in [0.4, 0.5) is 13.2 Å². The molecule has 2 aromatic rings. The van der Waals surface area contributed by atoms with Gasteiger partial charge in [-0.1, -0.05) is 0 Å². The first-order valence-electron chi connectivity index (χ1n) is 5.50. The largest absolute Gasteiger partial charge is 0.433 e. The van der Waals surface area contributed by atoms with Gasteiger partial charge in [0, 0.05) is 24.0 Å². The van der Waals surface area contributed by atoms with Crippen molar-refractivity contribution in [3.05, 3.63) is 35.8 Å². The van der Waals surface area contributed by atoms with Gasteiger partial charge in [-0.05, 0) is 32.0 Å². The van der Waals surface area contributed by atoms with Crippen LogP contribution in [0.25, 0.3) is 11.3 Å². The second-order valence-electron chi connectivity index (χ2n) is 3.92. The lowest BCUT2D eigenvalue weighted by Gasteiger charge is -2.05. The highest BCUT2D eigenvalue weighted by molar-refractivity contribution is 5.58. The number of hydrogen-bond acceptors (Lipinski definition) is 2. The van der Waals surface area contributed by atoms with E-state index < -0.39 is 11.9 Å². The number of rotatable bonds is 2. The predicted molar refractivity (Wildman–Crippen MR) is 60.9 cm³/mol. The molecule has 0 saturated carbocycles. The van der Waals surface area contributed by atoms with Crippen molar-refractivity contribution in [2.24, 2.45) is 0 Å². The van der Waals surface area contributed by atoms with E-state index in [1.807, 2.05) is 19.9 Å². The molecule has 0 unspecified atom stereocenters. The van der Waals surface area contributed by atoms with Crippen LogP contribution in [0.5, 0.6) is 0 Å². The van der Waals surface area contributed by atoms with Gasteiger partial charge in [0.1, 0.15) is 5.69 Å². The Morgan fingerprint density at radius 3 is 2.44 bits per heavy atom. The molecule has 0 fully saturated rings. The molecule has 0 radical (unpaired) electrons. The summed E-state index contributed by atoms with van der Waals surface area (Å²) in [5.41, 5.74) is 1.29. The minimum atomic E-state index is -4.41. The van der Waals surface area contributed by atoms with Gasteiger partial charge in [-0.15, -0.1) is 0 Å². The topological polar surface area (TPSA) is 30.7 Å². The maximum absolute atomic E-state index is 12.4. The first kappa shape index (κ1) is 12.6. The Morgan fingerprint density at radius 1 is 1.28 bits per heavy atom. The molecular formula is C12H12F3N3. The van der Waals surface area contributed by atoms with E-state index >= 15 is 0 Å². The lowest BCUT2D eigenvalue weighted by atomic mass is 10.2. The highest BCUT2D eigenvalue weighted by Gasteiger charge is 2.32. The summed E-state index contributed by atoms with van der Waals surface area (Å²) in [6.07, 6.45) is -3.21. The summed E-state index contributed by atoms with van der Waals surface area (Å²) in [6, 6.07) is 4.18. The monoisotopic (exact) mass is 255 g/mol. The van der Waals surface area contributed by atoms with Crippen molar-refractivity contribution < 1.29 is 13.2 Å². The van der Waals surface area contributed by atoms with Crippen LogP contribution in [-0.2, 0) is 12.7 Å². The minimum Gasteiger partial charge on any atom is -0.270 e. The zero-order valence-electron chi connectivity index (χ0n) is 9.99. The number of alkyl halides is 3. The van der Waals surface area contributed by atoms with Gasteiger partial charge in [-0.25, -0.2) is 0 Å². The third-order valence-corrected chi connectivity index (χ3v) is 2.63. The van der Waals surface area contributed by atoms with E-state index in [0.717, 1.165) is 18.3 Å². The predicted octanol–water partition coefficient (Wildman–Crippen LogP) is 3.29. The van der Waals surface area contributed by atoms with E-state index in [-0.39, 0.29) is 0 Å². The molecule has 0 spiro atoms. The van der Waals surface area contributed by atoms with E-state index in [1.165, 1.54) is 12.3 Å². The normalized spacial score (nSPS) is 11.8. The third kappa shape index (κ3) is 2.37. The van der Waals surface area contributed by atoms with Gasteiger partial charge in [0.2, 0.25) is 0 Å². The molecule has 0 atom stereocenters.